The van der Waals surface area contributed by atoms with Crippen molar-refractivity contribution in [3.63, 3.8) is 0 Å². The number of nitrogens with zero attached hydrogens (tertiary/aromatic N) is 1. The van der Waals surface area contributed by atoms with Crippen molar-refractivity contribution in [2.24, 2.45) is 0 Å². The first kappa shape index (κ1) is 8.24. The Morgan fingerprint density at radius 1 is 1.50 bits per heavy atom. The van der Waals surface area contributed by atoms with Crippen LogP contribution in [-0.4, -0.2) is 28.8 Å². The standard InChI is InChI=1S/C10H17NO/c1-10(2)7-9(12)6-8-4-3-5-11(8)10/h8H,3-7H2,1-2H3/t8-/m1/s1. The van der Waals surface area contributed by atoms with Gasteiger partial charge in [-0.05, 0) is 33.2 Å². The summed E-state index contributed by atoms with van der Waals surface area (Å²) in [5.41, 5.74) is 0.135. The molecule has 2 aliphatic heterocycles. The van der Waals surface area contributed by atoms with Crippen LogP contribution in [0.5, 0.6) is 0 Å². The minimum absolute atomic E-state index is 0.135. The molecule has 0 amide bonds. The van der Waals surface area contributed by atoms with E-state index < -0.39 is 0 Å². The lowest BCUT2D eigenvalue weighted by molar-refractivity contribution is -0.127. The molecule has 2 heteroatoms. The molecule has 2 saturated heterocycles. The number of hydrogen-bond acceptors (Lipinski definition) is 2. The van der Waals surface area contributed by atoms with Gasteiger partial charge in [0.2, 0.25) is 0 Å². The molecule has 0 N–H and O–H groups in total. The van der Waals surface area contributed by atoms with Gasteiger partial charge in [-0.3, -0.25) is 9.69 Å². The zero-order valence-electron chi connectivity index (χ0n) is 7.97. The van der Waals surface area contributed by atoms with E-state index in [0.717, 1.165) is 12.8 Å². The fourth-order valence-electron chi connectivity index (χ4n) is 2.76. The maximum absolute atomic E-state index is 11.4. The maximum atomic E-state index is 11.4. The predicted molar refractivity (Wildman–Crippen MR) is 48.0 cm³/mol. The lowest BCUT2D eigenvalue weighted by Crippen LogP contribution is -2.52. The summed E-state index contributed by atoms with van der Waals surface area (Å²) in [7, 11) is 0. The molecule has 12 heavy (non-hydrogen) atoms. The second-order valence-corrected chi connectivity index (χ2v) is 4.72. The average molecular weight is 167 g/mol. The van der Waals surface area contributed by atoms with E-state index >= 15 is 0 Å². The topological polar surface area (TPSA) is 20.3 Å². The van der Waals surface area contributed by atoms with Crippen LogP contribution in [0.2, 0.25) is 0 Å². The summed E-state index contributed by atoms with van der Waals surface area (Å²) < 4.78 is 0. The Balaban J connectivity index is 2.20. The molecule has 0 spiro atoms. The summed E-state index contributed by atoms with van der Waals surface area (Å²) in [4.78, 5) is 13.9. The van der Waals surface area contributed by atoms with Crippen LogP contribution in [0.15, 0.2) is 0 Å². The van der Waals surface area contributed by atoms with Gasteiger partial charge in [0.25, 0.3) is 0 Å². The molecule has 0 radical (unpaired) electrons. The predicted octanol–water partition coefficient (Wildman–Crippen LogP) is 1.59. The average Bonchev–Trinajstić information content (AvgIpc) is 2.32. The summed E-state index contributed by atoms with van der Waals surface area (Å²) in [6, 6.07) is 0.571. The second kappa shape index (κ2) is 2.56. The summed E-state index contributed by atoms with van der Waals surface area (Å²) in [5, 5.41) is 0. The quantitative estimate of drug-likeness (QED) is 0.546. The third-order valence-electron chi connectivity index (χ3n) is 3.25. The fourth-order valence-corrected chi connectivity index (χ4v) is 2.76. The highest BCUT2D eigenvalue weighted by Gasteiger charge is 2.42. The van der Waals surface area contributed by atoms with Gasteiger partial charge in [-0.25, -0.2) is 0 Å². The number of rotatable bonds is 0. The van der Waals surface area contributed by atoms with Crippen molar-refractivity contribution < 1.29 is 4.79 Å². The number of carbonyl (C=O) groups is 1. The first-order valence-electron chi connectivity index (χ1n) is 4.88. The Morgan fingerprint density at radius 3 is 3.00 bits per heavy atom. The highest BCUT2D eigenvalue weighted by molar-refractivity contribution is 5.81. The van der Waals surface area contributed by atoms with Gasteiger partial charge in [0.1, 0.15) is 5.78 Å². The van der Waals surface area contributed by atoms with Crippen LogP contribution in [0.4, 0.5) is 0 Å². The third kappa shape index (κ3) is 1.18. The SMILES string of the molecule is CC1(C)CC(=O)C[C@H]2CCCN21. The Morgan fingerprint density at radius 2 is 2.25 bits per heavy atom. The van der Waals surface area contributed by atoms with E-state index in [1.807, 2.05) is 0 Å². The normalized spacial score (nSPS) is 35.2. The molecule has 0 bridgehead atoms. The van der Waals surface area contributed by atoms with Gasteiger partial charge >= 0.3 is 0 Å². The van der Waals surface area contributed by atoms with E-state index in [9.17, 15) is 4.79 Å². The largest absolute Gasteiger partial charge is 0.300 e. The van der Waals surface area contributed by atoms with Crippen LogP contribution in [0.25, 0.3) is 0 Å². The van der Waals surface area contributed by atoms with E-state index in [1.165, 1.54) is 19.4 Å². The number of carbonyl (C=O) groups excluding carboxylic acids is 1. The third-order valence-corrected chi connectivity index (χ3v) is 3.25. The number of fused-ring (bicyclic) bond motifs is 1. The van der Waals surface area contributed by atoms with Gasteiger partial charge < -0.3 is 0 Å². The monoisotopic (exact) mass is 167 g/mol. The van der Waals surface area contributed by atoms with Crippen LogP contribution in [0.3, 0.4) is 0 Å². The molecule has 2 rings (SSSR count). The van der Waals surface area contributed by atoms with Gasteiger partial charge in [-0.15, -0.1) is 0 Å². The number of hydrogen-bond donors (Lipinski definition) is 0. The maximum Gasteiger partial charge on any atom is 0.136 e. The number of ketones is 1. The molecule has 2 nitrogen and oxygen atoms in total. The lowest BCUT2D eigenvalue weighted by atomic mass is 9.86. The summed E-state index contributed by atoms with van der Waals surface area (Å²) in [6.45, 7) is 5.59. The van der Waals surface area contributed by atoms with Gasteiger partial charge in [0, 0.05) is 24.4 Å². The highest BCUT2D eigenvalue weighted by Crippen LogP contribution is 2.35. The molecule has 2 heterocycles. The Kier molecular flexibility index (Phi) is 1.76. The van der Waals surface area contributed by atoms with Gasteiger partial charge in [0.15, 0.2) is 0 Å². The highest BCUT2D eigenvalue weighted by atomic mass is 16.1. The molecule has 0 aromatic heterocycles. The Bertz CT molecular complexity index is 210. The van der Waals surface area contributed by atoms with Crippen LogP contribution in [0.1, 0.15) is 39.5 Å². The van der Waals surface area contributed by atoms with Crippen LogP contribution < -0.4 is 0 Å². The minimum atomic E-state index is 0.135. The summed E-state index contributed by atoms with van der Waals surface area (Å²) in [5.74, 6) is 0.461. The van der Waals surface area contributed by atoms with Crippen molar-refractivity contribution in [1.29, 1.82) is 0 Å². The minimum Gasteiger partial charge on any atom is -0.300 e. The van der Waals surface area contributed by atoms with Crippen LogP contribution in [0, 0.1) is 0 Å². The molecule has 0 saturated carbocycles. The van der Waals surface area contributed by atoms with Crippen molar-refractivity contribution in [2.75, 3.05) is 6.54 Å². The van der Waals surface area contributed by atoms with Crippen LogP contribution in [-0.2, 0) is 4.79 Å². The summed E-state index contributed by atoms with van der Waals surface area (Å²) >= 11 is 0. The molecule has 0 aliphatic carbocycles. The van der Waals surface area contributed by atoms with Gasteiger partial charge in [0.05, 0.1) is 0 Å². The van der Waals surface area contributed by atoms with E-state index in [0.29, 0.717) is 11.8 Å². The number of Topliss-reactive ketones (excluding diaryl/α,β-unsaturated/α-hetero) is 1. The van der Waals surface area contributed by atoms with Crippen molar-refractivity contribution in [3.8, 4) is 0 Å². The Labute approximate surface area is 73.9 Å². The summed E-state index contributed by atoms with van der Waals surface area (Å²) in [6.07, 6.45) is 4.07. The van der Waals surface area contributed by atoms with E-state index in [1.54, 1.807) is 0 Å². The van der Waals surface area contributed by atoms with Crippen LogP contribution >= 0.6 is 0 Å². The number of piperidine rings is 1. The molecule has 2 aliphatic rings. The smallest absolute Gasteiger partial charge is 0.136 e. The molecule has 68 valence electrons. The molecule has 2 fully saturated rings. The molecule has 1 atom stereocenters. The molecule has 0 aromatic rings. The molecular formula is C10H17NO. The zero-order valence-corrected chi connectivity index (χ0v) is 7.97. The first-order chi connectivity index (χ1) is 5.59. The lowest BCUT2D eigenvalue weighted by Gasteiger charge is -2.43. The molecule has 0 aromatic carbocycles. The first-order valence-corrected chi connectivity index (χ1v) is 4.88. The van der Waals surface area contributed by atoms with Gasteiger partial charge in [-0.2, -0.15) is 0 Å². The fraction of sp³-hybridized carbons (Fsp3) is 0.900. The van der Waals surface area contributed by atoms with Gasteiger partial charge in [-0.1, -0.05) is 0 Å². The van der Waals surface area contributed by atoms with Crippen molar-refractivity contribution in [2.45, 2.75) is 51.1 Å². The van der Waals surface area contributed by atoms with E-state index in [2.05, 4.69) is 18.7 Å². The second-order valence-electron chi connectivity index (χ2n) is 4.72. The van der Waals surface area contributed by atoms with Crippen molar-refractivity contribution in [3.05, 3.63) is 0 Å². The molecule has 0 unspecified atom stereocenters. The molecular weight excluding hydrogens is 150 g/mol. The van der Waals surface area contributed by atoms with Crippen molar-refractivity contribution in [1.82, 2.24) is 4.90 Å². The zero-order chi connectivity index (χ0) is 8.77. The van der Waals surface area contributed by atoms with E-state index in [-0.39, 0.29) is 5.54 Å². The van der Waals surface area contributed by atoms with E-state index in [4.69, 9.17) is 0 Å². The Hall–Kier alpha value is -0.370. The van der Waals surface area contributed by atoms with Crippen molar-refractivity contribution >= 4 is 5.78 Å².